The minimum atomic E-state index is -0.413. The maximum atomic E-state index is 14.0. The highest BCUT2D eigenvalue weighted by atomic mass is 35.5. The van der Waals surface area contributed by atoms with Crippen LogP contribution in [-0.2, 0) is 0 Å². The summed E-state index contributed by atoms with van der Waals surface area (Å²) < 4.78 is 14.0. The summed E-state index contributed by atoms with van der Waals surface area (Å²) in [6.45, 7) is 1.65. The molecule has 0 fully saturated rings. The van der Waals surface area contributed by atoms with Crippen LogP contribution in [0.15, 0.2) is 42.7 Å². The van der Waals surface area contributed by atoms with Gasteiger partial charge in [0.1, 0.15) is 11.9 Å². The van der Waals surface area contributed by atoms with Crippen LogP contribution >= 0.6 is 11.6 Å². The maximum Gasteiger partial charge on any atom is 0.134 e. The summed E-state index contributed by atoms with van der Waals surface area (Å²) in [5.41, 5.74) is 1.48. The van der Waals surface area contributed by atoms with Gasteiger partial charge in [-0.3, -0.25) is 4.98 Å². The van der Waals surface area contributed by atoms with Crippen molar-refractivity contribution in [3.05, 3.63) is 65.2 Å². The zero-order chi connectivity index (χ0) is 13.8. The zero-order valence-electron chi connectivity index (χ0n) is 10.2. The fourth-order valence-corrected chi connectivity index (χ4v) is 2.00. The summed E-state index contributed by atoms with van der Waals surface area (Å²) in [4.78, 5) is 3.93. The largest absolute Gasteiger partial charge is 0.264 e. The molecule has 0 aliphatic rings. The average Bonchev–Trinajstić information content (AvgIpc) is 2.44. The minimum absolute atomic E-state index is 0.0942. The molecule has 0 amide bonds. The molecular formula is C15H10ClFN2. The van der Waals surface area contributed by atoms with Crippen molar-refractivity contribution in [3.8, 4) is 6.07 Å². The Balaban J connectivity index is 2.63. The summed E-state index contributed by atoms with van der Waals surface area (Å²) in [5.74, 6) is -0.413. The summed E-state index contributed by atoms with van der Waals surface area (Å²) in [6.07, 6.45) is 3.12. The molecule has 0 saturated carbocycles. The predicted molar refractivity (Wildman–Crippen MR) is 73.7 cm³/mol. The van der Waals surface area contributed by atoms with E-state index in [1.54, 1.807) is 43.5 Å². The topological polar surface area (TPSA) is 36.7 Å². The van der Waals surface area contributed by atoms with E-state index in [0.717, 1.165) is 0 Å². The van der Waals surface area contributed by atoms with Crippen molar-refractivity contribution < 1.29 is 4.39 Å². The van der Waals surface area contributed by atoms with Crippen LogP contribution in [0.3, 0.4) is 0 Å². The molecule has 0 saturated heterocycles. The lowest BCUT2D eigenvalue weighted by Gasteiger charge is -2.07. The highest BCUT2D eigenvalue weighted by Crippen LogP contribution is 2.31. The third-order valence-electron chi connectivity index (χ3n) is 2.71. The van der Waals surface area contributed by atoms with E-state index in [-0.39, 0.29) is 16.2 Å². The molecule has 0 bridgehead atoms. The van der Waals surface area contributed by atoms with E-state index < -0.39 is 5.82 Å². The van der Waals surface area contributed by atoms with Gasteiger partial charge in [-0.1, -0.05) is 35.9 Å². The summed E-state index contributed by atoms with van der Waals surface area (Å²) >= 11 is 6.17. The lowest BCUT2D eigenvalue weighted by atomic mass is 10.0. The molecule has 1 heterocycles. The van der Waals surface area contributed by atoms with Crippen LogP contribution in [0.25, 0.3) is 10.6 Å². The molecule has 1 aromatic carbocycles. The molecule has 0 aliphatic heterocycles. The van der Waals surface area contributed by atoms with Crippen LogP contribution < -0.4 is 0 Å². The minimum Gasteiger partial charge on any atom is -0.264 e. The Morgan fingerprint density at radius 1 is 1.32 bits per heavy atom. The van der Waals surface area contributed by atoms with Crippen molar-refractivity contribution in [1.82, 2.24) is 4.98 Å². The van der Waals surface area contributed by atoms with Gasteiger partial charge in [-0.15, -0.1) is 0 Å². The molecule has 2 rings (SSSR count). The molecular weight excluding hydrogens is 263 g/mol. The first-order valence-electron chi connectivity index (χ1n) is 5.61. The number of aryl methyl sites for hydroxylation is 1. The second-order valence-electron chi connectivity index (χ2n) is 3.98. The van der Waals surface area contributed by atoms with Gasteiger partial charge in [-0.05, 0) is 18.6 Å². The van der Waals surface area contributed by atoms with E-state index in [1.807, 2.05) is 6.07 Å². The quantitative estimate of drug-likeness (QED) is 0.770. The second-order valence-corrected chi connectivity index (χ2v) is 4.36. The van der Waals surface area contributed by atoms with E-state index in [1.165, 1.54) is 6.20 Å². The number of allylic oxidation sites excluding steroid dienone is 1. The fourth-order valence-electron chi connectivity index (χ4n) is 1.70. The van der Waals surface area contributed by atoms with Crippen LogP contribution in [0.2, 0.25) is 0 Å². The van der Waals surface area contributed by atoms with Crippen LogP contribution in [0, 0.1) is 24.1 Å². The Labute approximate surface area is 115 Å². The summed E-state index contributed by atoms with van der Waals surface area (Å²) in [6, 6.07) is 10.3. The smallest absolute Gasteiger partial charge is 0.134 e. The highest BCUT2D eigenvalue weighted by molar-refractivity contribution is 6.53. The van der Waals surface area contributed by atoms with Gasteiger partial charge in [0.15, 0.2) is 0 Å². The highest BCUT2D eigenvalue weighted by Gasteiger charge is 2.14. The molecule has 0 unspecified atom stereocenters. The van der Waals surface area contributed by atoms with Gasteiger partial charge in [-0.2, -0.15) is 5.26 Å². The Hall–Kier alpha value is -2.18. The van der Waals surface area contributed by atoms with E-state index in [2.05, 4.69) is 4.98 Å². The SMILES string of the molecule is Cc1cccc(/C(Cl)=C(/C#N)c2cccnc2)c1F. The van der Waals surface area contributed by atoms with Gasteiger partial charge in [-0.25, -0.2) is 4.39 Å². The lowest BCUT2D eigenvalue weighted by Crippen LogP contribution is -1.92. The normalized spacial score (nSPS) is 11.7. The van der Waals surface area contributed by atoms with Crippen molar-refractivity contribution in [2.24, 2.45) is 0 Å². The first-order chi connectivity index (χ1) is 9.15. The lowest BCUT2D eigenvalue weighted by molar-refractivity contribution is 0.615. The number of benzene rings is 1. The first-order valence-corrected chi connectivity index (χ1v) is 5.98. The molecule has 0 spiro atoms. The van der Waals surface area contributed by atoms with E-state index in [9.17, 15) is 9.65 Å². The number of nitrogens with zero attached hydrogens (tertiary/aromatic N) is 2. The van der Waals surface area contributed by atoms with Crippen LogP contribution in [0.5, 0.6) is 0 Å². The van der Waals surface area contributed by atoms with Crippen LogP contribution in [0.4, 0.5) is 4.39 Å². The van der Waals surface area contributed by atoms with Crippen LogP contribution in [-0.4, -0.2) is 4.98 Å². The summed E-state index contributed by atoms with van der Waals surface area (Å²) in [7, 11) is 0. The number of rotatable bonds is 2. The zero-order valence-corrected chi connectivity index (χ0v) is 10.9. The number of nitriles is 1. The molecule has 0 radical (unpaired) electrons. The number of hydrogen-bond donors (Lipinski definition) is 0. The fraction of sp³-hybridized carbons (Fsp3) is 0.0667. The Bertz CT molecular complexity index is 672. The Kier molecular flexibility index (Phi) is 3.94. The Morgan fingerprint density at radius 3 is 2.74 bits per heavy atom. The van der Waals surface area contributed by atoms with E-state index in [0.29, 0.717) is 11.1 Å². The molecule has 4 heteroatoms. The van der Waals surface area contributed by atoms with Gasteiger partial charge in [0, 0.05) is 23.5 Å². The standard InChI is InChI=1S/C15H10ClFN2/c1-10-4-2-6-12(15(10)17)14(16)13(8-18)11-5-3-7-19-9-11/h2-7,9H,1H3/b14-13+. The van der Waals surface area contributed by atoms with Gasteiger partial charge in [0.05, 0.1) is 10.6 Å². The van der Waals surface area contributed by atoms with Crippen LogP contribution in [0.1, 0.15) is 16.7 Å². The molecule has 1 aromatic heterocycles. The summed E-state index contributed by atoms with van der Waals surface area (Å²) in [5, 5.41) is 9.32. The third kappa shape index (κ3) is 2.64. The Morgan fingerprint density at radius 2 is 2.11 bits per heavy atom. The van der Waals surface area contributed by atoms with Crippen molar-refractivity contribution in [1.29, 1.82) is 5.26 Å². The third-order valence-corrected chi connectivity index (χ3v) is 3.10. The average molecular weight is 273 g/mol. The molecule has 2 nitrogen and oxygen atoms in total. The molecule has 0 atom stereocenters. The van der Waals surface area contributed by atoms with Gasteiger partial charge < -0.3 is 0 Å². The van der Waals surface area contributed by atoms with Gasteiger partial charge >= 0.3 is 0 Å². The monoisotopic (exact) mass is 272 g/mol. The molecule has 2 aromatic rings. The molecule has 0 N–H and O–H groups in total. The van der Waals surface area contributed by atoms with Crippen molar-refractivity contribution in [2.75, 3.05) is 0 Å². The van der Waals surface area contributed by atoms with Crippen molar-refractivity contribution in [3.63, 3.8) is 0 Å². The second kappa shape index (κ2) is 5.64. The number of halogens is 2. The van der Waals surface area contributed by atoms with Gasteiger partial charge in [0.2, 0.25) is 0 Å². The van der Waals surface area contributed by atoms with E-state index >= 15 is 0 Å². The molecule has 0 aliphatic carbocycles. The molecule has 19 heavy (non-hydrogen) atoms. The maximum absolute atomic E-state index is 14.0. The number of pyridine rings is 1. The van der Waals surface area contributed by atoms with Crippen molar-refractivity contribution in [2.45, 2.75) is 6.92 Å². The number of hydrogen-bond acceptors (Lipinski definition) is 2. The van der Waals surface area contributed by atoms with E-state index in [4.69, 9.17) is 11.6 Å². The molecule has 94 valence electrons. The number of aromatic nitrogens is 1. The van der Waals surface area contributed by atoms with Crippen molar-refractivity contribution >= 4 is 22.2 Å². The van der Waals surface area contributed by atoms with Gasteiger partial charge in [0.25, 0.3) is 0 Å². The predicted octanol–water partition coefficient (Wildman–Crippen LogP) is 4.16. The first kappa shape index (κ1) is 13.3.